The quantitative estimate of drug-likeness (QED) is 0.357. The lowest BCUT2D eigenvalue weighted by molar-refractivity contribution is 1.78. The first-order valence-corrected chi connectivity index (χ1v) is 6.03. The van der Waals surface area contributed by atoms with Gasteiger partial charge in [-0.3, -0.25) is 0 Å². The first-order valence-electron chi connectivity index (χ1n) is 2.41. The van der Waals surface area contributed by atoms with Gasteiger partial charge in [0.1, 0.15) is 0 Å². The van der Waals surface area contributed by atoms with E-state index in [1.54, 1.807) is 0 Å². The van der Waals surface area contributed by atoms with Gasteiger partial charge in [-0.1, -0.05) is 24.0 Å². The van der Waals surface area contributed by atoms with Crippen LogP contribution in [0.1, 0.15) is 0 Å². The minimum absolute atomic E-state index is 0.821. The van der Waals surface area contributed by atoms with E-state index < -0.39 is 6.04 Å². The predicted octanol–water partition coefficient (Wildman–Crippen LogP) is 1.67. The fourth-order valence-electron chi connectivity index (χ4n) is 0.670. The summed E-state index contributed by atoms with van der Waals surface area (Å²) in [5.41, 5.74) is 0. The van der Waals surface area contributed by atoms with Crippen LogP contribution in [0.5, 0.6) is 0 Å². The van der Waals surface area contributed by atoms with Crippen LogP contribution in [0.3, 0.4) is 0 Å². The summed E-state index contributed by atoms with van der Waals surface area (Å²) in [6.45, 7) is 2.22. The molecule has 0 radical (unpaired) electrons. The Balaban J connectivity index is 2.67. The van der Waals surface area contributed by atoms with E-state index >= 15 is 0 Å². The van der Waals surface area contributed by atoms with Gasteiger partial charge in [0.2, 0.25) is 0 Å². The first-order chi connectivity index (χ1) is 3.21. The van der Waals surface area contributed by atoms with Gasteiger partial charge in [0, 0.05) is 0 Å². The fraction of sp³-hybridized carbons (Fsp3) is 0.600. The van der Waals surface area contributed by atoms with E-state index in [-0.39, 0.29) is 0 Å². The van der Waals surface area contributed by atoms with Crippen molar-refractivity contribution in [2.45, 2.75) is 0 Å². The summed E-state index contributed by atoms with van der Waals surface area (Å²) in [5.74, 6) is 0. The molecule has 0 atom stereocenters. The van der Waals surface area contributed by atoms with Crippen LogP contribution in [0.4, 0.5) is 0 Å². The third kappa shape index (κ3) is 1.40. The Morgan fingerprint density at radius 1 is 1.43 bits per heavy atom. The SMILES string of the molecule is CP1(=S)CC=CC1. The summed E-state index contributed by atoms with van der Waals surface area (Å²) in [4.78, 5) is 0. The van der Waals surface area contributed by atoms with E-state index in [4.69, 9.17) is 11.8 Å². The zero-order valence-electron chi connectivity index (χ0n) is 4.42. The molecule has 0 aromatic heterocycles. The van der Waals surface area contributed by atoms with Crippen molar-refractivity contribution < 1.29 is 0 Å². The zero-order chi connectivity index (χ0) is 5.33. The van der Waals surface area contributed by atoms with Crippen molar-refractivity contribution in [2.75, 3.05) is 19.0 Å². The summed E-state index contributed by atoms with van der Waals surface area (Å²) >= 11 is 5.26. The molecule has 0 amide bonds. The van der Waals surface area contributed by atoms with Crippen molar-refractivity contribution in [3.8, 4) is 0 Å². The van der Waals surface area contributed by atoms with Gasteiger partial charge in [0.15, 0.2) is 0 Å². The van der Waals surface area contributed by atoms with E-state index in [2.05, 4.69) is 18.8 Å². The Hall–Kier alpha value is 0.390. The molecule has 1 rings (SSSR count). The van der Waals surface area contributed by atoms with Crippen molar-refractivity contribution in [1.29, 1.82) is 0 Å². The largest absolute Gasteiger partial charge is 0.0971 e. The molecule has 0 nitrogen and oxygen atoms in total. The molecule has 0 fully saturated rings. The molecule has 40 valence electrons. The second-order valence-electron chi connectivity index (χ2n) is 2.13. The number of rotatable bonds is 0. The molecule has 0 saturated heterocycles. The highest BCUT2D eigenvalue weighted by atomic mass is 32.4. The Bertz CT molecular complexity index is 125. The number of hydrogen-bond donors (Lipinski definition) is 0. The molecule has 7 heavy (non-hydrogen) atoms. The molecule has 0 aliphatic carbocycles. The standard InChI is InChI=1S/C5H9PS/c1-6(7)4-2-3-5-6/h2-3H,4-5H2,1H3. The number of hydrogen-bond acceptors (Lipinski definition) is 1. The second-order valence-corrected chi connectivity index (χ2v) is 8.10. The van der Waals surface area contributed by atoms with Gasteiger partial charge in [-0.25, -0.2) is 0 Å². The molecule has 2 heteroatoms. The molecular weight excluding hydrogens is 123 g/mol. The Kier molecular flexibility index (Phi) is 1.36. The van der Waals surface area contributed by atoms with Crippen LogP contribution in [-0.4, -0.2) is 19.0 Å². The van der Waals surface area contributed by atoms with E-state index in [1.165, 1.54) is 12.3 Å². The third-order valence-electron chi connectivity index (χ3n) is 1.15. The van der Waals surface area contributed by atoms with E-state index in [0.717, 1.165) is 0 Å². The monoisotopic (exact) mass is 132 g/mol. The van der Waals surface area contributed by atoms with Crippen molar-refractivity contribution in [2.24, 2.45) is 0 Å². The summed E-state index contributed by atoms with van der Waals surface area (Å²) < 4.78 is 0. The van der Waals surface area contributed by atoms with Crippen molar-refractivity contribution in [3.05, 3.63) is 12.2 Å². The highest BCUT2D eigenvalue weighted by Crippen LogP contribution is 2.44. The van der Waals surface area contributed by atoms with Crippen LogP contribution >= 0.6 is 6.04 Å². The lowest BCUT2D eigenvalue weighted by Crippen LogP contribution is -1.76. The predicted molar refractivity (Wildman–Crippen MR) is 39.1 cm³/mol. The third-order valence-corrected chi connectivity index (χ3v) is 4.01. The van der Waals surface area contributed by atoms with Gasteiger partial charge in [0.25, 0.3) is 0 Å². The molecule has 0 spiro atoms. The minimum Gasteiger partial charge on any atom is -0.0971 e. The highest BCUT2D eigenvalue weighted by Gasteiger charge is 2.09. The molecule has 0 N–H and O–H groups in total. The maximum Gasteiger partial charge on any atom is -0.00534 e. The van der Waals surface area contributed by atoms with Gasteiger partial charge in [-0.15, -0.1) is 0 Å². The van der Waals surface area contributed by atoms with Crippen molar-refractivity contribution in [1.82, 2.24) is 0 Å². The molecule has 0 aromatic carbocycles. The summed E-state index contributed by atoms with van der Waals surface area (Å²) in [6.07, 6.45) is 6.81. The lowest BCUT2D eigenvalue weighted by atomic mass is 10.6. The molecule has 0 bridgehead atoms. The van der Waals surface area contributed by atoms with Gasteiger partial charge in [-0.05, 0) is 25.0 Å². The van der Waals surface area contributed by atoms with Crippen LogP contribution in [0.25, 0.3) is 0 Å². The molecule has 1 heterocycles. The average molecular weight is 132 g/mol. The molecule has 1 aliphatic heterocycles. The highest BCUT2D eigenvalue weighted by molar-refractivity contribution is 8.14. The molecule has 1 aliphatic rings. The van der Waals surface area contributed by atoms with Gasteiger partial charge >= 0.3 is 0 Å². The van der Waals surface area contributed by atoms with E-state index in [9.17, 15) is 0 Å². The van der Waals surface area contributed by atoms with Crippen LogP contribution in [-0.2, 0) is 11.8 Å². The Labute approximate surface area is 49.6 Å². The summed E-state index contributed by atoms with van der Waals surface area (Å²) in [6, 6.07) is -0.821. The van der Waals surface area contributed by atoms with Crippen molar-refractivity contribution >= 4 is 17.8 Å². The van der Waals surface area contributed by atoms with Crippen LogP contribution in [0.2, 0.25) is 0 Å². The second kappa shape index (κ2) is 1.72. The Morgan fingerprint density at radius 2 is 1.86 bits per heavy atom. The first kappa shape index (κ1) is 5.53. The van der Waals surface area contributed by atoms with Crippen LogP contribution in [0.15, 0.2) is 12.2 Å². The smallest absolute Gasteiger partial charge is 0.00534 e. The zero-order valence-corrected chi connectivity index (χ0v) is 6.14. The number of allylic oxidation sites excluding steroid dienone is 2. The van der Waals surface area contributed by atoms with Gasteiger partial charge in [0.05, 0.1) is 0 Å². The topological polar surface area (TPSA) is 0 Å². The van der Waals surface area contributed by atoms with Crippen LogP contribution < -0.4 is 0 Å². The molecule has 0 saturated carbocycles. The fourth-order valence-corrected chi connectivity index (χ4v) is 2.53. The molecule has 0 aromatic rings. The lowest BCUT2D eigenvalue weighted by Gasteiger charge is -2.02. The summed E-state index contributed by atoms with van der Waals surface area (Å²) in [5, 5.41) is 0. The Morgan fingerprint density at radius 3 is 2.00 bits per heavy atom. The average Bonchev–Trinajstić information content (AvgIpc) is 1.84. The molecular formula is C5H9PS. The maximum absolute atomic E-state index is 5.26. The summed E-state index contributed by atoms with van der Waals surface area (Å²) in [7, 11) is 0. The van der Waals surface area contributed by atoms with Crippen LogP contribution in [0, 0.1) is 0 Å². The van der Waals surface area contributed by atoms with E-state index in [1.807, 2.05) is 0 Å². The van der Waals surface area contributed by atoms with Gasteiger partial charge < -0.3 is 0 Å². The minimum atomic E-state index is -0.821. The molecule has 0 unspecified atom stereocenters. The normalized spacial score (nSPS) is 25.9. The van der Waals surface area contributed by atoms with Crippen molar-refractivity contribution in [3.63, 3.8) is 0 Å². The van der Waals surface area contributed by atoms with E-state index in [0.29, 0.717) is 0 Å². The van der Waals surface area contributed by atoms with Gasteiger partial charge in [-0.2, -0.15) is 0 Å². The maximum atomic E-state index is 5.26.